The van der Waals surface area contributed by atoms with Gasteiger partial charge in [-0.3, -0.25) is 4.90 Å². The van der Waals surface area contributed by atoms with Crippen molar-refractivity contribution >= 4 is 27.4 Å². The molecule has 1 saturated heterocycles. The molecule has 0 spiro atoms. The van der Waals surface area contributed by atoms with Crippen molar-refractivity contribution in [3.63, 3.8) is 0 Å². The molecule has 1 atom stereocenters. The number of nitrogens with zero attached hydrogens (tertiary/aromatic N) is 6. The minimum atomic E-state index is 0.463. The minimum absolute atomic E-state index is 0.463. The second kappa shape index (κ2) is 5.90. The molecular weight excluding hydrogens is 308 g/mol. The Bertz CT molecular complexity index is 810. The summed E-state index contributed by atoms with van der Waals surface area (Å²) < 4.78 is 3.29. The molecule has 1 aliphatic rings. The Hall–Kier alpha value is -1.99. The SMILES string of the molecule is C[C@@H]1CN(c2ncnc3ccsc23)CCN1Cc1nccn1C. The molecule has 0 radical (unpaired) electrons. The van der Waals surface area contributed by atoms with Crippen LogP contribution in [-0.2, 0) is 13.6 Å². The van der Waals surface area contributed by atoms with Gasteiger partial charge in [-0.05, 0) is 18.4 Å². The molecule has 120 valence electrons. The summed E-state index contributed by atoms with van der Waals surface area (Å²) in [5.41, 5.74) is 1.04. The molecule has 3 aromatic heterocycles. The summed E-state index contributed by atoms with van der Waals surface area (Å²) in [5.74, 6) is 2.20. The highest BCUT2D eigenvalue weighted by Crippen LogP contribution is 2.29. The van der Waals surface area contributed by atoms with Crippen LogP contribution in [0.4, 0.5) is 5.82 Å². The van der Waals surface area contributed by atoms with E-state index in [1.165, 1.54) is 4.70 Å². The Morgan fingerprint density at radius 3 is 2.96 bits per heavy atom. The zero-order valence-electron chi connectivity index (χ0n) is 13.4. The summed E-state index contributed by atoms with van der Waals surface area (Å²) in [6.45, 7) is 6.16. The number of rotatable bonds is 3. The van der Waals surface area contributed by atoms with Gasteiger partial charge in [0.25, 0.3) is 0 Å². The van der Waals surface area contributed by atoms with Crippen molar-refractivity contribution in [2.75, 3.05) is 24.5 Å². The molecule has 0 aliphatic carbocycles. The second-order valence-corrected chi connectivity index (χ2v) is 6.97. The van der Waals surface area contributed by atoms with E-state index < -0.39 is 0 Å². The highest BCUT2D eigenvalue weighted by Gasteiger charge is 2.26. The van der Waals surface area contributed by atoms with Gasteiger partial charge in [-0.15, -0.1) is 11.3 Å². The van der Waals surface area contributed by atoms with E-state index in [9.17, 15) is 0 Å². The van der Waals surface area contributed by atoms with E-state index in [2.05, 4.69) is 54.7 Å². The fraction of sp³-hybridized carbons (Fsp3) is 0.438. The maximum atomic E-state index is 4.54. The first kappa shape index (κ1) is 14.6. The number of fused-ring (bicyclic) bond motifs is 1. The van der Waals surface area contributed by atoms with Crippen molar-refractivity contribution in [2.24, 2.45) is 7.05 Å². The van der Waals surface area contributed by atoms with Crippen LogP contribution < -0.4 is 4.90 Å². The molecule has 0 saturated carbocycles. The molecule has 3 aromatic rings. The first-order valence-electron chi connectivity index (χ1n) is 7.86. The van der Waals surface area contributed by atoms with E-state index in [4.69, 9.17) is 0 Å². The number of aromatic nitrogens is 4. The molecule has 23 heavy (non-hydrogen) atoms. The van der Waals surface area contributed by atoms with Crippen LogP contribution in [0.3, 0.4) is 0 Å². The predicted molar refractivity (Wildman–Crippen MR) is 92.7 cm³/mol. The van der Waals surface area contributed by atoms with Gasteiger partial charge < -0.3 is 9.47 Å². The standard InChI is InChI=1S/C16H20N6S/c1-12-9-22(16-15-13(3-8-23-15)18-11-19-16)7-6-21(12)10-14-17-4-5-20(14)2/h3-5,8,11-12H,6-7,9-10H2,1-2H3/t12-/m1/s1. The molecule has 0 aromatic carbocycles. The molecule has 7 heteroatoms. The van der Waals surface area contributed by atoms with Crippen LogP contribution in [-0.4, -0.2) is 50.1 Å². The van der Waals surface area contributed by atoms with Crippen LogP contribution in [0, 0.1) is 0 Å². The Morgan fingerprint density at radius 2 is 2.17 bits per heavy atom. The quantitative estimate of drug-likeness (QED) is 0.737. The Balaban J connectivity index is 1.51. The van der Waals surface area contributed by atoms with E-state index in [0.717, 1.165) is 43.3 Å². The molecule has 0 amide bonds. The van der Waals surface area contributed by atoms with Crippen molar-refractivity contribution in [1.29, 1.82) is 0 Å². The van der Waals surface area contributed by atoms with Crippen molar-refractivity contribution in [2.45, 2.75) is 19.5 Å². The average molecular weight is 328 g/mol. The normalized spacial score (nSPS) is 19.6. The van der Waals surface area contributed by atoms with E-state index in [1.807, 2.05) is 12.4 Å². The van der Waals surface area contributed by atoms with Crippen molar-refractivity contribution in [1.82, 2.24) is 24.4 Å². The monoisotopic (exact) mass is 328 g/mol. The van der Waals surface area contributed by atoms with Crippen molar-refractivity contribution < 1.29 is 0 Å². The van der Waals surface area contributed by atoms with E-state index in [1.54, 1.807) is 17.7 Å². The van der Waals surface area contributed by atoms with Gasteiger partial charge in [-0.1, -0.05) is 0 Å². The Morgan fingerprint density at radius 1 is 1.26 bits per heavy atom. The molecule has 0 unspecified atom stereocenters. The summed E-state index contributed by atoms with van der Waals surface area (Å²) in [6.07, 6.45) is 5.55. The van der Waals surface area contributed by atoms with Crippen LogP contribution in [0.1, 0.15) is 12.7 Å². The van der Waals surface area contributed by atoms with Gasteiger partial charge in [0.05, 0.1) is 16.8 Å². The van der Waals surface area contributed by atoms with Crippen LogP contribution in [0.15, 0.2) is 30.2 Å². The highest BCUT2D eigenvalue weighted by molar-refractivity contribution is 7.17. The second-order valence-electron chi connectivity index (χ2n) is 6.05. The summed E-state index contributed by atoms with van der Waals surface area (Å²) in [6, 6.07) is 2.52. The Labute approximate surface area is 139 Å². The first-order valence-corrected chi connectivity index (χ1v) is 8.74. The third-order valence-corrected chi connectivity index (χ3v) is 5.45. The Kier molecular flexibility index (Phi) is 3.74. The topological polar surface area (TPSA) is 50.1 Å². The lowest BCUT2D eigenvalue weighted by molar-refractivity contribution is 0.175. The fourth-order valence-electron chi connectivity index (χ4n) is 3.15. The molecule has 0 N–H and O–H groups in total. The van der Waals surface area contributed by atoms with Gasteiger partial charge in [-0.2, -0.15) is 0 Å². The molecule has 4 heterocycles. The lowest BCUT2D eigenvalue weighted by atomic mass is 10.2. The van der Waals surface area contributed by atoms with Gasteiger partial charge in [-0.25, -0.2) is 15.0 Å². The molecule has 0 bridgehead atoms. The largest absolute Gasteiger partial charge is 0.352 e. The summed E-state index contributed by atoms with van der Waals surface area (Å²) in [5, 5.41) is 2.09. The van der Waals surface area contributed by atoms with Crippen LogP contribution in [0.5, 0.6) is 0 Å². The van der Waals surface area contributed by atoms with E-state index in [-0.39, 0.29) is 0 Å². The van der Waals surface area contributed by atoms with E-state index >= 15 is 0 Å². The zero-order chi connectivity index (χ0) is 15.8. The van der Waals surface area contributed by atoms with Crippen molar-refractivity contribution in [3.05, 3.63) is 36.0 Å². The molecule has 6 nitrogen and oxygen atoms in total. The van der Waals surface area contributed by atoms with Gasteiger partial charge in [0.2, 0.25) is 0 Å². The maximum absolute atomic E-state index is 4.54. The lowest BCUT2D eigenvalue weighted by Crippen LogP contribution is -2.52. The predicted octanol–water partition coefficient (Wildman–Crippen LogP) is 2.14. The third-order valence-electron chi connectivity index (χ3n) is 4.55. The number of imidazole rings is 1. The molecule has 4 rings (SSSR count). The third kappa shape index (κ3) is 2.70. The van der Waals surface area contributed by atoms with Gasteiger partial charge in [0.15, 0.2) is 0 Å². The molecular formula is C16H20N6S. The summed E-state index contributed by atoms with van der Waals surface area (Å²) in [4.78, 5) is 18.2. The van der Waals surface area contributed by atoms with Crippen LogP contribution in [0.25, 0.3) is 10.2 Å². The molecule has 1 fully saturated rings. The van der Waals surface area contributed by atoms with Gasteiger partial charge >= 0.3 is 0 Å². The van der Waals surface area contributed by atoms with Crippen molar-refractivity contribution in [3.8, 4) is 0 Å². The van der Waals surface area contributed by atoms with Crippen LogP contribution >= 0.6 is 11.3 Å². The average Bonchev–Trinajstić information content (AvgIpc) is 3.18. The minimum Gasteiger partial charge on any atom is -0.352 e. The number of hydrogen-bond donors (Lipinski definition) is 0. The maximum Gasteiger partial charge on any atom is 0.150 e. The van der Waals surface area contributed by atoms with E-state index in [0.29, 0.717) is 6.04 Å². The number of hydrogen-bond acceptors (Lipinski definition) is 6. The summed E-state index contributed by atoms with van der Waals surface area (Å²) >= 11 is 1.72. The van der Waals surface area contributed by atoms with Crippen LogP contribution in [0.2, 0.25) is 0 Å². The smallest absolute Gasteiger partial charge is 0.150 e. The van der Waals surface area contributed by atoms with Gasteiger partial charge in [0.1, 0.15) is 18.0 Å². The first-order chi connectivity index (χ1) is 11.2. The highest BCUT2D eigenvalue weighted by atomic mass is 32.1. The number of aryl methyl sites for hydroxylation is 1. The zero-order valence-corrected chi connectivity index (χ0v) is 14.2. The number of thiophene rings is 1. The molecule has 1 aliphatic heterocycles. The lowest BCUT2D eigenvalue weighted by Gasteiger charge is -2.40. The summed E-state index contributed by atoms with van der Waals surface area (Å²) in [7, 11) is 2.05. The number of anilines is 1. The van der Waals surface area contributed by atoms with Gasteiger partial charge in [0, 0.05) is 45.1 Å². The number of piperazine rings is 1. The fourth-order valence-corrected chi connectivity index (χ4v) is 4.02.